The molecule has 0 spiro atoms. The van der Waals surface area contributed by atoms with Gasteiger partial charge in [0.15, 0.2) is 5.16 Å². The monoisotopic (exact) mass is 172 g/mol. The summed E-state index contributed by atoms with van der Waals surface area (Å²) >= 11 is 1.57. The van der Waals surface area contributed by atoms with Gasteiger partial charge in [0, 0.05) is 7.05 Å². The summed E-state index contributed by atoms with van der Waals surface area (Å²) in [5.41, 5.74) is 5.65. The summed E-state index contributed by atoms with van der Waals surface area (Å²) in [6.45, 7) is 1.90. The zero-order chi connectivity index (χ0) is 8.43. The van der Waals surface area contributed by atoms with E-state index in [9.17, 15) is 0 Å². The van der Waals surface area contributed by atoms with Crippen LogP contribution in [0.5, 0.6) is 0 Å². The number of hydrogen-bond donors (Lipinski definition) is 1. The van der Waals surface area contributed by atoms with E-state index in [1.165, 1.54) is 0 Å². The van der Waals surface area contributed by atoms with E-state index in [0.717, 1.165) is 11.0 Å². The molecule has 0 aliphatic carbocycles. The van der Waals surface area contributed by atoms with E-state index < -0.39 is 0 Å². The average molecular weight is 172 g/mol. The van der Waals surface area contributed by atoms with Gasteiger partial charge in [-0.15, -0.1) is 10.2 Å². The van der Waals surface area contributed by atoms with Gasteiger partial charge in [0.25, 0.3) is 0 Å². The molecule has 0 aromatic carbocycles. The van der Waals surface area contributed by atoms with Crippen LogP contribution in [0.4, 0.5) is 0 Å². The lowest BCUT2D eigenvalue weighted by molar-refractivity contribution is 0.661. The fourth-order valence-corrected chi connectivity index (χ4v) is 1.39. The minimum Gasteiger partial charge on any atom is -0.322 e. The summed E-state index contributed by atoms with van der Waals surface area (Å²) in [5, 5.41) is 8.80. The highest BCUT2D eigenvalue weighted by Crippen LogP contribution is 2.14. The molecule has 1 unspecified atom stereocenters. The van der Waals surface area contributed by atoms with Crippen molar-refractivity contribution in [3.05, 3.63) is 5.82 Å². The lowest BCUT2D eigenvalue weighted by atomic mass is 10.3. The molecule has 5 heteroatoms. The number of thioether (sulfide) groups is 1. The quantitative estimate of drug-likeness (QED) is 0.662. The molecule has 11 heavy (non-hydrogen) atoms. The van der Waals surface area contributed by atoms with Crippen molar-refractivity contribution >= 4 is 11.8 Å². The highest BCUT2D eigenvalue weighted by molar-refractivity contribution is 7.98. The molecular weight excluding hydrogens is 160 g/mol. The second-order valence-electron chi connectivity index (χ2n) is 2.39. The van der Waals surface area contributed by atoms with Crippen LogP contribution in [0.2, 0.25) is 0 Å². The third-order valence-electron chi connectivity index (χ3n) is 1.46. The Morgan fingerprint density at radius 1 is 1.55 bits per heavy atom. The fourth-order valence-electron chi connectivity index (χ4n) is 0.900. The molecule has 4 nitrogen and oxygen atoms in total. The van der Waals surface area contributed by atoms with Crippen molar-refractivity contribution in [1.29, 1.82) is 0 Å². The molecule has 0 radical (unpaired) electrons. The Morgan fingerprint density at radius 3 is 2.45 bits per heavy atom. The molecule has 0 fully saturated rings. The summed E-state index contributed by atoms with van der Waals surface area (Å²) in [5.74, 6) is 0.828. The zero-order valence-electron chi connectivity index (χ0n) is 6.90. The highest BCUT2D eigenvalue weighted by atomic mass is 32.2. The summed E-state index contributed by atoms with van der Waals surface area (Å²) < 4.78 is 1.91. The maximum Gasteiger partial charge on any atom is 0.190 e. The number of rotatable bonds is 2. The van der Waals surface area contributed by atoms with Gasteiger partial charge >= 0.3 is 0 Å². The third-order valence-corrected chi connectivity index (χ3v) is 2.18. The SMILES string of the molecule is CSc1nnc(C(C)N)n1C. The van der Waals surface area contributed by atoms with Crippen LogP contribution in [0.15, 0.2) is 5.16 Å². The zero-order valence-corrected chi connectivity index (χ0v) is 7.72. The second kappa shape index (κ2) is 3.23. The lowest BCUT2D eigenvalue weighted by Gasteiger charge is -2.03. The number of aromatic nitrogens is 3. The molecule has 0 saturated heterocycles. The smallest absolute Gasteiger partial charge is 0.190 e. The Bertz CT molecular complexity index is 243. The van der Waals surface area contributed by atoms with Gasteiger partial charge in [0.1, 0.15) is 5.82 Å². The van der Waals surface area contributed by atoms with Crippen LogP contribution in [-0.4, -0.2) is 21.0 Å². The van der Waals surface area contributed by atoms with Crippen LogP contribution >= 0.6 is 11.8 Å². The third kappa shape index (κ3) is 1.54. The van der Waals surface area contributed by atoms with Gasteiger partial charge in [-0.1, -0.05) is 11.8 Å². The number of nitrogens with two attached hydrogens (primary N) is 1. The van der Waals surface area contributed by atoms with E-state index in [-0.39, 0.29) is 6.04 Å². The van der Waals surface area contributed by atoms with Crippen LogP contribution in [0.3, 0.4) is 0 Å². The molecule has 2 N–H and O–H groups in total. The molecule has 62 valence electrons. The molecule has 1 atom stereocenters. The molecule has 1 aromatic rings. The predicted octanol–water partition coefficient (Wildman–Crippen LogP) is 0.557. The van der Waals surface area contributed by atoms with Gasteiger partial charge in [0.2, 0.25) is 0 Å². The van der Waals surface area contributed by atoms with E-state index in [1.54, 1.807) is 11.8 Å². The molecule has 1 rings (SSSR count). The first-order valence-corrected chi connectivity index (χ1v) is 4.58. The predicted molar refractivity (Wildman–Crippen MR) is 45.4 cm³/mol. The summed E-state index contributed by atoms with van der Waals surface area (Å²) in [6.07, 6.45) is 1.97. The summed E-state index contributed by atoms with van der Waals surface area (Å²) in [4.78, 5) is 0. The van der Waals surface area contributed by atoms with Crippen molar-refractivity contribution in [3.63, 3.8) is 0 Å². The van der Waals surface area contributed by atoms with Gasteiger partial charge < -0.3 is 10.3 Å². The van der Waals surface area contributed by atoms with E-state index in [4.69, 9.17) is 5.73 Å². The summed E-state index contributed by atoms with van der Waals surface area (Å²) in [6, 6.07) is -0.0478. The van der Waals surface area contributed by atoms with E-state index in [0.29, 0.717) is 0 Å². The lowest BCUT2D eigenvalue weighted by Crippen LogP contribution is -2.11. The van der Waals surface area contributed by atoms with Crippen LogP contribution in [0, 0.1) is 0 Å². The molecule has 0 saturated carbocycles. The second-order valence-corrected chi connectivity index (χ2v) is 3.17. The Kier molecular flexibility index (Phi) is 2.51. The van der Waals surface area contributed by atoms with Gasteiger partial charge in [-0.05, 0) is 13.2 Å². The maximum atomic E-state index is 5.65. The number of hydrogen-bond acceptors (Lipinski definition) is 4. The molecule has 1 aromatic heterocycles. The minimum atomic E-state index is -0.0478. The molecular formula is C6H12N4S. The largest absolute Gasteiger partial charge is 0.322 e. The van der Waals surface area contributed by atoms with Crippen LogP contribution in [0.1, 0.15) is 18.8 Å². The highest BCUT2D eigenvalue weighted by Gasteiger charge is 2.10. The molecule has 0 aliphatic heterocycles. The fraction of sp³-hybridized carbons (Fsp3) is 0.667. The van der Waals surface area contributed by atoms with Crippen molar-refractivity contribution in [1.82, 2.24) is 14.8 Å². The maximum absolute atomic E-state index is 5.65. The molecule has 0 bridgehead atoms. The Labute approximate surface area is 70.2 Å². The van der Waals surface area contributed by atoms with E-state index in [2.05, 4.69) is 10.2 Å². The van der Waals surface area contributed by atoms with Crippen LogP contribution < -0.4 is 5.73 Å². The normalized spacial score (nSPS) is 13.5. The standard InChI is InChI=1S/C6H12N4S/c1-4(7)5-8-9-6(11-3)10(5)2/h4H,7H2,1-3H3. The van der Waals surface area contributed by atoms with Gasteiger partial charge in [-0.3, -0.25) is 0 Å². The molecule has 0 aliphatic rings. The summed E-state index contributed by atoms with van der Waals surface area (Å²) in [7, 11) is 1.92. The topological polar surface area (TPSA) is 56.7 Å². The first kappa shape index (κ1) is 8.55. The van der Waals surface area contributed by atoms with Crippen molar-refractivity contribution in [2.75, 3.05) is 6.26 Å². The Balaban J connectivity index is 3.00. The van der Waals surface area contributed by atoms with Gasteiger partial charge in [-0.2, -0.15) is 0 Å². The van der Waals surface area contributed by atoms with Crippen molar-refractivity contribution in [2.45, 2.75) is 18.1 Å². The van der Waals surface area contributed by atoms with Crippen molar-refractivity contribution in [3.8, 4) is 0 Å². The average Bonchev–Trinajstić information content (AvgIpc) is 2.30. The van der Waals surface area contributed by atoms with Gasteiger partial charge in [-0.25, -0.2) is 0 Å². The molecule has 1 heterocycles. The Morgan fingerprint density at radius 2 is 2.18 bits per heavy atom. The van der Waals surface area contributed by atoms with Crippen LogP contribution in [-0.2, 0) is 7.05 Å². The Hall–Kier alpha value is -0.550. The van der Waals surface area contributed by atoms with E-state index >= 15 is 0 Å². The minimum absolute atomic E-state index is 0.0478. The first-order chi connectivity index (χ1) is 5.16. The van der Waals surface area contributed by atoms with Crippen molar-refractivity contribution < 1.29 is 0 Å². The first-order valence-electron chi connectivity index (χ1n) is 3.35. The number of nitrogens with zero attached hydrogens (tertiary/aromatic N) is 3. The van der Waals surface area contributed by atoms with Crippen molar-refractivity contribution in [2.24, 2.45) is 12.8 Å². The van der Waals surface area contributed by atoms with Crippen LogP contribution in [0.25, 0.3) is 0 Å². The van der Waals surface area contributed by atoms with Gasteiger partial charge in [0.05, 0.1) is 6.04 Å². The van der Waals surface area contributed by atoms with E-state index in [1.807, 2.05) is 24.8 Å². The molecule has 0 amide bonds.